The van der Waals surface area contributed by atoms with Crippen LogP contribution in [0.5, 0.6) is 0 Å². The average Bonchev–Trinajstić information content (AvgIpc) is 3.19. The number of hydrogen-bond acceptors (Lipinski definition) is 3. The molecule has 1 aliphatic carbocycles. The minimum atomic E-state index is 0. The number of methoxy groups -OCH3 is 1. The van der Waals surface area contributed by atoms with Crippen molar-refractivity contribution in [2.75, 3.05) is 53.1 Å². The molecule has 0 aromatic carbocycles. The molecule has 2 rings (SSSR count). The predicted octanol–water partition coefficient (Wildman–Crippen LogP) is 3.28. The molecule has 1 aliphatic heterocycles. The van der Waals surface area contributed by atoms with Gasteiger partial charge in [0, 0.05) is 39.9 Å². The molecule has 5 nitrogen and oxygen atoms in total. The number of aliphatic imine (C=N–C) groups is 1. The summed E-state index contributed by atoms with van der Waals surface area (Å²) in [5, 5.41) is 3.48. The summed E-state index contributed by atoms with van der Waals surface area (Å²) < 4.78 is 10.5. The maximum Gasteiger partial charge on any atom is 0.193 e. The fraction of sp³-hybridized carbons (Fsp3) is 0.944. The Hall–Kier alpha value is -0.0800. The van der Waals surface area contributed by atoms with Crippen molar-refractivity contribution < 1.29 is 9.47 Å². The zero-order chi connectivity index (χ0) is 16.4. The van der Waals surface area contributed by atoms with Crippen LogP contribution in [0.15, 0.2) is 4.99 Å². The van der Waals surface area contributed by atoms with Crippen molar-refractivity contribution in [1.29, 1.82) is 0 Å². The molecule has 24 heavy (non-hydrogen) atoms. The third-order valence-electron chi connectivity index (χ3n) is 5.13. The minimum absolute atomic E-state index is 0. The summed E-state index contributed by atoms with van der Waals surface area (Å²) in [6.07, 6.45) is 9.18. The van der Waals surface area contributed by atoms with Gasteiger partial charge >= 0.3 is 0 Å². The number of ether oxygens (including phenoxy) is 2. The van der Waals surface area contributed by atoms with Gasteiger partial charge in [0.15, 0.2) is 5.96 Å². The Morgan fingerprint density at radius 2 is 1.92 bits per heavy atom. The zero-order valence-electron chi connectivity index (χ0n) is 15.5. The van der Waals surface area contributed by atoms with Gasteiger partial charge in [-0.25, -0.2) is 0 Å². The van der Waals surface area contributed by atoms with Crippen molar-refractivity contribution in [3.63, 3.8) is 0 Å². The van der Waals surface area contributed by atoms with E-state index >= 15 is 0 Å². The number of hydrogen-bond donors (Lipinski definition) is 1. The molecular formula is C18H36IN3O2. The number of nitrogens with one attached hydrogen (secondary N) is 1. The van der Waals surface area contributed by atoms with Gasteiger partial charge in [0.25, 0.3) is 0 Å². The summed E-state index contributed by atoms with van der Waals surface area (Å²) >= 11 is 0. The van der Waals surface area contributed by atoms with Crippen molar-refractivity contribution >= 4 is 29.9 Å². The topological polar surface area (TPSA) is 46.1 Å². The first-order valence-corrected chi connectivity index (χ1v) is 9.40. The normalized spacial score (nSPS) is 19.8. The first-order chi connectivity index (χ1) is 11.3. The molecule has 1 saturated carbocycles. The lowest BCUT2D eigenvalue weighted by atomic mass is 9.86. The van der Waals surface area contributed by atoms with E-state index in [4.69, 9.17) is 14.5 Å². The summed E-state index contributed by atoms with van der Waals surface area (Å²) in [5.74, 6) is 1.12. The second kappa shape index (κ2) is 12.3. The summed E-state index contributed by atoms with van der Waals surface area (Å²) in [4.78, 5) is 7.33. The van der Waals surface area contributed by atoms with E-state index in [-0.39, 0.29) is 24.0 Å². The molecule has 2 fully saturated rings. The standard InChI is InChI=1S/C18H35N3O2.HI/c1-3-19-17(20-11-6-7-13-23-15-14-22-2)21-12-10-18(16-21)8-4-5-9-18;/h3-16H2,1-2H3,(H,19,20);1H. The first-order valence-electron chi connectivity index (χ1n) is 9.40. The summed E-state index contributed by atoms with van der Waals surface area (Å²) in [6.45, 7) is 8.55. The van der Waals surface area contributed by atoms with E-state index in [9.17, 15) is 0 Å². The van der Waals surface area contributed by atoms with Crippen molar-refractivity contribution in [1.82, 2.24) is 10.2 Å². The van der Waals surface area contributed by atoms with Crippen LogP contribution in [0.4, 0.5) is 0 Å². The molecule has 6 heteroatoms. The van der Waals surface area contributed by atoms with Crippen LogP contribution in [-0.4, -0.2) is 64.0 Å². The molecule has 0 bridgehead atoms. The monoisotopic (exact) mass is 453 g/mol. The predicted molar refractivity (Wildman–Crippen MR) is 110 cm³/mol. The Bertz CT molecular complexity index is 360. The second-order valence-corrected chi connectivity index (χ2v) is 6.93. The summed E-state index contributed by atoms with van der Waals surface area (Å²) in [5.41, 5.74) is 0.603. The smallest absolute Gasteiger partial charge is 0.193 e. The molecular weight excluding hydrogens is 417 g/mol. The number of nitrogens with zero attached hydrogens (tertiary/aromatic N) is 2. The molecule has 0 unspecified atom stereocenters. The highest BCUT2D eigenvalue weighted by Gasteiger charge is 2.40. The SMILES string of the molecule is CCNC(=NCCCCOCCOC)N1CCC2(CCCC2)C1.I. The Morgan fingerprint density at radius 3 is 2.62 bits per heavy atom. The zero-order valence-corrected chi connectivity index (χ0v) is 17.8. The van der Waals surface area contributed by atoms with Crippen molar-refractivity contribution in [3.8, 4) is 0 Å². The number of unbranched alkanes of at least 4 members (excludes halogenated alkanes) is 1. The maximum absolute atomic E-state index is 5.49. The maximum atomic E-state index is 5.49. The van der Waals surface area contributed by atoms with E-state index in [1.54, 1.807) is 7.11 Å². The minimum Gasteiger partial charge on any atom is -0.382 e. The molecule has 1 spiro atoms. The van der Waals surface area contributed by atoms with Gasteiger partial charge in [-0.2, -0.15) is 0 Å². The molecule has 142 valence electrons. The van der Waals surface area contributed by atoms with Crippen molar-refractivity contribution in [3.05, 3.63) is 0 Å². The first kappa shape index (κ1) is 22.0. The van der Waals surface area contributed by atoms with Crippen LogP contribution in [0.2, 0.25) is 0 Å². The number of likely N-dealkylation sites (tertiary alicyclic amines) is 1. The average molecular weight is 453 g/mol. The number of rotatable bonds is 9. The van der Waals surface area contributed by atoms with Gasteiger partial charge in [-0.05, 0) is 44.4 Å². The van der Waals surface area contributed by atoms with Crippen LogP contribution in [0.1, 0.15) is 51.9 Å². The molecule has 0 radical (unpaired) electrons. The van der Waals surface area contributed by atoms with Crippen LogP contribution >= 0.6 is 24.0 Å². The van der Waals surface area contributed by atoms with E-state index in [0.717, 1.165) is 38.5 Å². The van der Waals surface area contributed by atoms with Crippen molar-refractivity contribution in [2.45, 2.75) is 51.9 Å². The Morgan fingerprint density at radius 1 is 1.12 bits per heavy atom. The lowest BCUT2D eigenvalue weighted by molar-refractivity contribution is 0.0690. The third-order valence-corrected chi connectivity index (χ3v) is 5.13. The highest BCUT2D eigenvalue weighted by Crippen LogP contribution is 2.45. The molecule has 0 aromatic rings. The van der Waals surface area contributed by atoms with Gasteiger partial charge in [-0.15, -0.1) is 24.0 Å². The van der Waals surface area contributed by atoms with Crippen molar-refractivity contribution in [2.24, 2.45) is 10.4 Å². The van der Waals surface area contributed by atoms with E-state index in [0.29, 0.717) is 18.6 Å². The Kier molecular flexibility index (Phi) is 11.3. The lowest BCUT2D eigenvalue weighted by Gasteiger charge is -2.26. The van der Waals surface area contributed by atoms with E-state index in [1.807, 2.05) is 0 Å². The highest BCUT2D eigenvalue weighted by molar-refractivity contribution is 14.0. The molecule has 0 atom stereocenters. The summed E-state index contributed by atoms with van der Waals surface area (Å²) in [6, 6.07) is 0. The lowest BCUT2D eigenvalue weighted by Crippen LogP contribution is -2.41. The third kappa shape index (κ3) is 7.04. The highest BCUT2D eigenvalue weighted by atomic mass is 127. The fourth-order valence-corrected chi connectivity index (χ4v) is 3.82. The van der Waals surface area contributed by atoms with Crippen LogP contribution < -0.4 is 5.32 Å². The van der Waals surface area contributed by atoms with Crippen LogP contribution in [0.25, 0.3) is 0 Å². The summed E-state index contributed by atoms with van der Waals surface area (Å²) in [7, 11) is 1.70. The Labute approximate surface area is 165 Å². The van der Waals surface area contributed by atoms with E-state index in [1.165, 1.54) is 45.2 Å². The van der Waals surface area contributed by atoms with Gasteiger partial charge in [-0.3, -0.25) is 4.99 Å². The second-order valence-electron chi connectivity index (χ2n) is 6.93. The molecule has 1 N–H and O–H groups in total. The molecule has 1 saturated heterocycles. The van der Waals surface area contributed by atoms with Crippen LogP contribution in [0, 0.1) is 5.41 Å². The van der Waals surface area contributed by atoms with Gasteiger partial charge < -0.3 is 19.7 Å². The van der Waals surface area contributed by atoms with Gasteiger partial charge in [-0.1, -0.05) is 12.8 Å². The molecule has 1 heterocycles. The molecule has 2 aliphatic rings. The largest absolute Gasteiger partial charge is 0.382 e. The van der Waals surface area contributed by atoms with E-state index < -0.39 is 0 Å². The van der Waals surface area contributed by atoms with Gasteiger partial charge in [0.1, 0.15) is 0 Å². The molecule has 0 aromatic heterocycles. The quantitative estimate of drug-likeness (QED) is 0.252. The Balaban J connectivity index is 0.00000288. The fourth-order valence-electron chi connectivity index (χ4n) is 3.82. The van der Waals surface area contributed by atoms with E-state index in [2.05, 4.69) is 17.1 Å². The molecule has 0 amide bonds. The number of guanidine groups is 1. The van der Waals surface area contributed by atoms with Crippen LogP contribution in [0.3, 0.4) is 0 Å². The van der Waals surface area contributed by atoms with Gasteiger partial charge in [0.05, 0.1) is 13.2 Å². The number of halogens is 1. The van der Waals surface area contributed by atoms with Crippen LogP contribution in [-0.2, 0) is 9.47 Å². The van der Waals surface area contributed by atoms with Gasteiger partial charge in [0.2, 0.25) is 0 Å².